The van der Waals surface area contributed by atoms with E-state index in [1.807, 2.05) is 0 Å². The number of hydrogen-bond acceptors (Lipinski definition) is 4. The molecule has 1 aromatic carbocycles. The number of pyridine rings is 1. The van der Waals surface area contributed by atoms with Gasteiger partial charge in [0.05, 0.1) is 32.5 Å². The third-order valence-electron chi connectivity index (χ3n) is 4.02. The van der Waals surface area contributed by atoms with Crippen LogP contribution in [0.1, 0.15) is 5.69 Å². The number of alkyl halides is 3. The van der Waals surface area contributed by atoms with Gasteiger partial charge in [-0.25, -0.2) is 9.07 Å². The Hall–Kier alpha value is -2.72. The Bertz CT molecular complexity index is 1170. The first kappa shape index (κ1) is 19.6. The molecule has 0 spiro atoms. The van der Waals surface area contributed by atoms with Crippen LogP contribution < -0.4 is 0 Å². The van der Waals surface area contributed by atoms with Gasteiger partial charge in [-0.3, -0.25) is 4.98 Å². The highest BCUT2D eigenvalue weighted by Gasteiger charge is 2.41. The number of aromatic nitrogens is 4. The molecule has 0 unspecified atom stereocenters. The van der Waals surface area contributed by atoms with Crippen LogP contribution in [0.2, 0.25) is 5.02 Å². The van der Waals surface area contributed by atoms with Crippen LogP contribution >= 0.6 is 27.5 Å². The Morgan fingerprint density at radius 2 is 1.83 bits per heavy atom. The lowest BCUT2D eigenvalue weighted by molar-refractivity contribution is -0.142. The summed E-state index contributed by atoms with van der Waals surface area (Å²) in [6.07, 6.45) is -1.07. The van der Waals surface area contributed by atoms with Crippen LogP contribution in [0.25, 0.3) is 28.3 Å². The minimum absolute atomic E-state index is 0.0179. The van der Waals surface area contributed by atoms with Crippen molar-refractivity contribution in [2.24, 2.45) is 0 Å². The van der Waals surface area contributed by atoms with E-state index < -0.39 is 17.7 Å². The van der Waals surface area contributed by atoms with E-state index in [0.29, 0.717) is 0 Å². The molecule has 0 aliphatic rings. The zero-order valence-corrected chi connectivity index (χ0v) is 16.4. The predicted octanol–water partition coefficient (Wildman–Crippen LogP) is 6.16. The van der Waals surface area contributed by atoms with Crippen molar-refractivity contribution in [2.45, 2.75) is 6.18 Å². The van der Waals surface area contributed by atoms with Gasteiger partial charge in [-0.05, 0) is 40.2 Å². The highest BCUT2D eigenvalue weighted by atomic mass is 79.9. The molecule has 0 N–H and O–H groups in total. The molecule has 148 valence electrons. The molecule has 0 saturated heterocycles. The van der Waals surface area contributed by atoms with Gasteiger partial charge in [0.2, 0.25) is 0 Å². The molecule has 4 aromatic rings. The molecule has 4 rings (SSSR count). The highest BCUT2D eigenvalue weighted by Crippen LogP contribution is 2.44. The minimum Gasteiger partial charge on any atom is -0.354 e. The average Bonchev–Trinajstić information content (AvgIpc) is 3.26. The highest BCUT2D eigenvalue weighted by molar-refractivity contribution is 9.10. The van der Waals surface area contributed by atoms with Gasteiger partial charge >= 0.3 is 6.18 Å². The first-order valence-corrected chi connectivity index (χ1v) is 9.11. The third kappa shape index (κ3) is 3.42. The van der Waals surface area contributed by atoms with Crippen LogP contribution in [0.15, 0.2) is 57.9 Å². The van der Waals surface area contributed by atoms with E-state index in [1.165, 1.54) is 36.7 Å². The van der Waals surface area contributed by atoms with Gasteiger partial charge in [0, 0.05) is 12.4 Å². The van der Waals surface area contributed by atoms with Crippen LogP contribution in [0.3, 0.4) is 0 Å². The lowest BCUT2D eigenvalue weighted by Gasteiger charge is -2.11. The number of hydrogen-bond donors (Lipinski definition) is 0. The Kier molecular flexibility index (Phi) is 4.91. The zero-order chi connectivity index (χ0) is 20.8. The number of rotatable bonds is 3. The first-order chi connectivity index (χ1) is 13.8. The lowest BCUT2D eigenvalue weighted by Crippen LogP contribution is -2.14. The van der Waals surface area contributed by atoms with E-state index in [1.54, 1.807) is 0 Å². The largest absolute Gasteiger partial charge is 0.434 e. The van der Waals surface area contributed by atoms with Crippen molar-refractivity contribution in [1.82, 2.24) is 19.9 Å². The summed E-state index contributed by atoms with van der Waals surface area (Å²) in [5.74, 6) is -0.950. The fraction of sp³-hybridized carbons (Fsp3) is 0.0556. The second-order valence-electron chi connectivity index (χ2n) is 5.79. The van der Waals surface area contributed by atoms with Crippen molar-refractivity contribution in [3.05, 3.63) is 69.9 Å². The standard InChI is InChI=1S/C18H8BrClF4N4O/c19-14-15(13-11(20)2-1-3-12(13)21)27-29-16(14)10-8-26-28(17(10)18(22,23)24)9-4-6-25-7-5-9/h1-8H. The van der Waals surface area contributed by atoms with Gasteiger partial charge in [0.15, 0.2) is 11.5 Å². The summed E-state index contributed by atoms with van der Waals surface area (Å²) in [6, 6.07) is 6.75. The van der Waals surface area contributed by atoms with E-state index >= 15 is 0 Å². The number of nitrogens with zero attached hydrogens (tertiary/aromatic N) is 4. The molecule has 0 saturated carbocycles. The van der Waals surface area contributed by atoms with Crippen LogP contribution in [0.5, 0.6) is 0 Å². The van der Waals surface area contributed by atoms with E-state index in [2.05, 4.69) is 31.2 Å². The van der Waals surface area contributed by atoms with E-state index in [0.717, 1.165) is 16.9 Å². The van der Waals surface area contributed by atoms with Crippen molar-refractivity contribution < 1.29 is 22.1 Å². The van der Waals surface area contributed by atoms with Crippen molar-refractivity contribution >= 4 is 27.5 Å². The Balaban J connectivity index is 1.92. The van der Waals surface area contributed by atoms with Gasteiger partial charge in [0.25, 0.3) is 0 Å². The second kappa shape index (κ2) is 7.27. The lowest BCUT2D eigenvalue weighted by atomic mass is 10.1. The summed E-state index contributed by atoms with van der Waals surface area (Å²) in [6.45, 7) is 0. The van der Waals surface area contributed by atoms with Crippen molar-refractivity contribution in [2.75, 3.05) is 0 Å². The molecule has 0 aliphatic carbocycles. The minimum atomic E-state index is -4.77. The summed E-state index contributed by atoms with van der Waals surface area (Å²) in [4.78, 5) is 3.79. The average molecular weight is 488 g/mol. The topological polar surface area (TPSA) is 56.7 Å². The van der Waals surface area contributed by atoms with Crippen LogP contribution in [-0.4, -0.2) is 19.9 Å². The first-order valence-electron chi connectivity index (χ1n) is 7.94. The summed E-state index contributed by atoms with van der Waals surface area (Å²) in [7, 11) is 0. The van der Waals surface area contributed by atoms with Gasteiger partial charge in [0.1, 0.15) is 11.5 Å². The van der Waals surface area contributed by atoms with Crippen LogP contribution in [0, 0.1) is 5.82 Å². The molecule has 0 fully saturated rings. The van der Waals surface area contributed by atoms with Crippen molar-refractivity contribution in [3.8, 4) is 28.3 Å². The van der Waals surface area contributed by atoms with Crippen molar-refractivity contribution in [3.63, 3.8) is 0 Å². The fourth-order valence-electron chi connectivity index (χ4n) is 2.79. The van der Waals surface area contributed by atoms with Crippen LogP contribution in [-0.2, 0) is 6.18 Å². The van der Waals surface area contributed by atoms with E-state index in [-0.39, 0.29) is 37.8 Å². The molecule has 5 nitrogen and oxygen atoms in total. The summed E-state index contributed by atoms with van der Waals surface area (Å²) in [5.41, 5.74) is -1.44. The molecule has 0 amide bonds. The Morgan fingerprint density at radius 3 is 2.48 bits per heavy atom. The van der Waals surface area contributed by atoms with E-state index in [9.17, 15) is 17.6 Å². The SMILES string of the molecule is Fc1cccc(Cl)c1-c1noc(-c2cnn(-c3ccncc3)c2C(F)(F)F)c1Br. The van der Waals surface area contributed by atoms with Crippen molar-refractivity contribution in [1.29, 1.82) is 0 Å². The third-order valence-corrected chi connectivity index (χ3v) is 5.08. The molecule has 11 heteroatoms. The molecule has 29 heavy (non-hydrogen) atoms. The van der Waals surface area contributed by atoms with Gasteiger partial charge in [-0.2, -0.15) is 18.3 Å². The summed E-state index contributed by atoms with van der Waals surface area (Å²) < 4.78 is 61.7. The Morgan fingerprint density at radius 1 is 1.10 bits per heavy atom. The second-order valence-corrected chi connectivity index (χ2v) is 6.99. The maximum atomic E-state index is 14.2. The van der Waals surface area contributed by atoms with Gasteiger partial charge in [-0.1, -0.05) is 22.8 Å². The molecular formula is C18H8BrClF4N4O. The zero-order valence-electron chi connectivity index (χ0n) is 14.1. The normalized spacial score (nSPS) is 11.8. The van der Waals surface area contributed by atoms with Crippen LogP contribution in [0.4, 0.5) is 17.6 Å². The maximum Gasteiger partial charge on any atom is 0.434 e. The molecular weight excluding hydrogens is 480 g/mol. The molecule has 0 radical (unpaired) electrons. The monoisotopic (exact) mass is 486 g/mol. The summed E-state index contributed by atoms with van der Waals surface area (Å²) in [5, 5.41) is 7.61. The van der Waals surface area contributed by atoms with Gasteiger partial charge < -0.3 is 4.52 Å². The molecule has 0 aliphatic heterocycles. The molecule has 3 heterocycles. The Labute approximate surface area is 174 Å². The quantitative estimate of drug-likeness (QED) is 0.325. The molecule has 0 atom stereocenters. The number of benzene rings is 1. The molecule has 0 bridgehead atoms. The summed E-state index contributed by atoms with van der Waals surface area (Å²) >= 11 is 9.20. The van der Waals surface area contributed by atoms with Gasteiger partial charge in [-0.15, -0.1) is 0 Å². The smallest absolute Gasteiger partial charge is 0.354 e. The predicted molar refractivity (Wildman–Crippen MR) is 100.0 cm³/mol. The van der Waals surface area contributed by atoms with E-state index in [4.69, 9.17) is 16.1 Å². The molecule has 3 aromatic heterocycles. The fourth-order valence-corrected chi connectivity index (χ4v) is 3.60. The number of halogens is 6. The maximum absolute atomic E-state index is 14.2.